The summed E-state index contributed by atoms with van der Waals surface area (Å²) < 4.78 is 0. The number of hydrogen-bond acceptors (Lipinski definition) is 4. The molecule has 2 rings (SSSR count). The second kappa shape index (κ2) is 7.72. The Morgan fingerprint density at radius 2 is 1.35 bits per heavy atom. The number of aromatic hydroxyl groups is 1. The number of azo groups is 1. The van der Waals surface area contributed by atoms with Crippen LogP contribution in [0.1, 0.15) is 0 Å². The van der Waals surface area contributed by atoms with Gasteiger partial charge in [0.15, 0.2) is 0 Å². The van der Waals surface area contributed by atoms with Gasteiger partial charge in [-0.15, -0.1) is 0 Å². The smallest absolute Gasteiger partial charge is 0.115 e. The highest BCUT2D eigenvalue weighted by Crippen LogP contribution is 2.19. The lowest BCUT2D eigenvalue weighted by molar-refractivity contribution is 0.475. The van der Waals surface area contributed by atoms with Gasteiger partial charge in [-0.2, -0.15) is 10.2 Å². The van der Waals surface area contributed by atoms with Gasteiger partial charge in [-0.25, -0.2) is 0 Å². The van der Waals surface area contributed by atoms with Gasteiger partial charge < -0.3 is 5.11 Å². The molecule has 0 radical (unpaired) electrons. The van der Waals surface area contributed by atoms with Crippen LogP contribution in [0.15, 0.2) is 59.0 Å². The Labute approximate surface area is 114 Å². The maximum absolute atomic E-state index is 9.06. The van der Waals surface area contributed by atoms with Crippen molar-refractivity contribution in [2.45, 2.75) is 0 Å². The number of pyridine rings is 1. The monoisotopic (exact) mass is 341 g/mol. The Kier molecular flexibility index (Phi) is 6.16. The zero-order valence-corrected chi connectivity index (χ0v) is 11.4. The predicted molar refractivity (Wildman–Crippen MR) is 76.5 cm³/mol. The van der Waals surface area contributed by atoms with E-state index >= 15 is 0 Å². The fourth-order valence-corrected chi connectivity index (χ4v) is 1.05. The third-order valence-corrected chi connectivity index (χ3v) is 1.79. The Morgan fingerprint density at radius 1 is 0.882 bits per heavy atom. The molecular weight excluding hydrogens is 329 g/mol. The minimum atomic E-state index is 0.220. The quantitative estimate of drug-likeness (QED) is 0.504. The number of halogens is 1. The second-order valence-corrected chi connectivity index (χ2v) is 2.92. The first-order chi connectivity index (χ1) is 8.34. The summed E-state index contributed by atoms with van der Waals surface area (Å²) in [7, 11) is 0. The SMILES string of the molecule is CI.Oc1ccc(/N=N/c2ccncc2)cc1. The Bertz CT molecular complexity index is 457. The van der Waals surface area contributed by atoms with E-state index in [1.807, 2.05) is 4.93 Å². The van der Waals surface area contributed by atoms with Crippen molar-refractivity contribution < 1.29 is 5.11 Å². The van der Waals surface area contributed by atoms with Crippen LogP contribution in [0.5, 0.6) is 5.75 Å². The molecule has 0 bridgehead atoms. The zero-order valence-electron chi connectivity index (χ0n) is 9.29. The van der Waals surface area contributed by atoms with Crippen molar-refractivity contribution in [2.24, 2.45) is 10.2 Å². The van der Waals surface area contributed by atoms with Crippen LogP contribution in [0.2, 0.25) is 0 Å². The molecular formula is C12H12IN3O. The minimum Gasteiger partial charge on any atom is -0.508 e. The summed E-state index contributed by atoms with van der Waals surface area (Å²) in [6.45, 7) is 0. The average molecular weight is 341 g/mol. The molecule has 2 aromatic rings. The van der Waals surface area contributed by atoms with Crippen LogP contribution in [0, 0.1) is 0 Å². The number of aromatic nitrogens is 1. The molecule has 0 aliphatic carbocycles. The summed E-state index contributed by atoms with van der Waals surface area (Å²) in [5.74, 6) is 0.220. The molecule has 0 amide bonds. The van der Waals surface area contributed by atoms with Gasteiger partial charge in [0.2, 0.25) is 0 Å². The Hall–Kier alpha value is -1.50. The van der Waals surface area contributed by atoms with E-state index in [2.05, 4.69) is 37.8 Å². The van der Waals surface area contributed by atoms with Crippen molar-refractivity contribution in [1.82, 2.24) is 4.98 Å². The van der Waals surface area contributed by atoms with Gasteiger partial charge in [-0.3, -0.25) is 4.98 Å². The van der Waals surface area contributed by atoms with E-state index < -0.39 is 0 Å². The number of alkyl halides is 1. The number of benzene rings is 1. The molecule has 1 N–H and O–H groups in total. The van der Waals surface area contributed by atoms with Crippen LogP contribution in [-0.2, 0) is 0 Å². The molecule has 1 aromatic heterocycles. The van der Waals surface area contributed by atoms with Crippen molar-refractivity contribution in [3.63, 3.8) is 0 Å². The third-order valence-electron chi connectivity index (χ3n) is 1.79. The van der Waals surface area contributed by atoms with Crippen LogP contribution in [0.4, 0.5) is 11.4 Å². The summed E-state index contributed by atoms with van der Waals surface area (Å²) in [5.41, 5.74) is 1.45. The van der Waals surface area contributed by atoms with Gasteiger partial charge in [-0.1, -0.05) is 22.6 Å². The molecule has 0 saturated carbocycles. The van der Waals surface area contributed by atoms with Crippen molar-refractivity contribution >= 4 is 34.0 Å². The van der Waals surface area contributed by atoms with E-state index in [-0.39, 0.29) is 5.75 Å². The van der Waals surface area contributed by atoms with E-state index in [1.165, 1.54) is 0 Å². The highest BCUT2D eigenvalue weighted by Gasteiger charge is 1.90. The van der Waals surface area contributed by atoms with Crippen molar-refractivity contribution in [2.75, 3.05) is 4.93 Å². The van der Waals surface area contributed by atoms with Crippen LogP contribution in [-0.4, -0.2) is 15.0 Å². The average Bonchev–Trinajstić information content (AvgIpc) is 2.42. The number of phenols is 1. The molecule has 4 nitrogen and oxygen atoms in total. The van der Waals surface area contributed by atoms with E-state index in [0.717, 1.165) is 5.69 Å². The Morgan fingerprint density at radius 3 is 1.88 bits per heavy atom. The highest BCUT2D eigenvalue weighted by atomic mass is 127. The molecule has 0 spiro atoms. The fourth-order valence-electron chi connectivity index (χ4n) is 1.05. The van der Waals surface area contributed by atoms with Crippen LogP contribution in [0.25, 0.3) is 0 Å². The first-order valence-corrected chi connectivity index (χ1v) is 6.99. The topological polar surface area (TPSA) is 57.8 Å². The van der Waals surface area contributed by atoms with Gasteiger partial charge >= 0.3 is 0 Å². The first kappa shape index (κ1) is 13.6. The fraction of sp³-hybridized carbons (Fsp3) is 0.0833. The number of hydrogen-bond donors (Lipinski definition) is 1. The maximum atomic E-state index is 9.06. The zero-order chi connectivity index (χ0) is 12.5. The largest absolute Gasteiger partial charge is 0.508 e. The molecule has 0 aliphatic rings. The predicted octanol–water partition coefficient (Wildman–Crippen LogP) is 4.25. The summed E-state index contributed by atoms with van der Waals surface area (Å²) >= 11 is 2.15. The molecule has 0 unspecified atom stereocenters. The minimum absolute atomic E-state index is 0.220. The van der Waals surface area contributed by atoms with E-state index in [1.54, 1.807) is 48.8 Å². The second-order valence-electron chi connectivity index (χ2n) is 2.92. The Balaban J connectivity index is 0.000000686. The van der Waals surface area contributed by atoms with Gasteiger partial charge in [0.25, 0.3) is 0 Å². The standard InChI is InChI=1S/C11H9N3O.CH3I/c15-11-3-1-9(2-4-11)13-14-10-5-7-12-8-6-10;1-2/h1-8,15H;1H3/b14-13+;. The molecule has 0 saturated heterocycles. The van der Waals surface area contributed by atoms with Crippen LogP contribution < -0.4 is 0 Å². The van der Waals surface area contributed by atoms with Gasteiger partial charge in [-0.05, 0) is 41.3 Å². The third kappa shape index (κ3) is 4.90. The number of phenolic OH excluding ortho intramolecular Hbond substituents is 1. The number of rotatable bonds is 2. The van der Waals surface area contributed by atoms with Gasteiger partial charge in [0.1, 0.15) is 5.75 Å². The lowest BCUT2D eigenvalue weighted by Crippen LogP contribution is -1.67. The van der Waals surface area contributed by atoms with Crippen molar-refractivity contribution in [1.29, 1.82) is 0 Å². The van der Waals surface area contributed by atoms with Crippen molar-refractivity contribution in [3.05, 3.63) is 48.8 Å². The molecule has 0 atom stereocenters. The molecule has 88 valence electrons. The molecule has 1 aromatic carbocycles. The maximum Gasteiger partial charge on any atom is 0.115 e. The first-order valence-electron chi connectivity index (χ1n) is 4.83. The molecule has 5 heteroatoms. The molecule has 17 heavy (non-hydrogen) atoms. The lowest BCUT2D eigenvalue weighted by Gasteiger charge is -1.93. The van der Waals surface area contributed by atoms with Crippen LogP contribution in [0.3, 0.4) is 0 Å². The summed E-state index contributed by atoms with van der Waals surface area (Å²) in [4.78, 5) is 5.85. The van der Waals surface area contributed by atoms with E-state index in [0.29, 0.717) is 5.69 Å². The highest BCUT2D eigenvalue weighted by molar-refractivity contribution is 14.1. The molecule has 1 heterocycles. The van der Waals surface area contributed by atoms with Gasteiger partial charge in [0, 0.05) is 12.4 Å². The summed E-state index contributed by atoms with van der Waals surface area (Å²) in [6, 6.07) is 10.1. The van der Waals surface area contributed by atoms with E-state index in [4.69, 9.17) is 5.11 Å². The van der Waals surface area contributed by atoms with Crippen molar-refractivity contribution in [3.8, 4) is 5.75 Å². The summed E-state index contributed by atoms with van der Waals surface area (Å²) in [6.07, 6.45) is 3.32. The summed E-state index contributed by atoms with van der Waals surface area (Å²) in [5, 5.41) is 17.1. The number of nitrogens with zero attached hydrogens (tertiary/aromatic N) is 3. The molecule has 0 fully saturated rings. The van der Waals surface area contributed by atoms with Crippen LogP contribution >= 0.6 is 22.6 Å². The lowest BCUT2D eigenvalue weighted by atomic mass is 10.3. The van der Waals surface area contributed by atoms with Gasteiger partial charge in [0.05, 0.1) is 11.4 Å². The normalized spacial score (nSPS) is 9.76. The van der Waals surface area contributed by atoms with E-state index in [9.17, 15) is 0 Å². The molecule has 0 aliphatic heterocycles.